The zero-order valence-electron chi connectivity index (χ0n) is 73.4. The van der Waals surface area contributed by atoms with E-state index in [1.54, 1.807) is 123 Å². The van der Waals surface area contributed by atoms with Crippen LogP contribution in [0, 0.1) is 11.8 Å². The maximum Gasteiger partial charge on any atom is 0.305 e. The first-order chi connectivity index (χ1) is 61.3. The van der Waals surface area contributed by atoms with E-state index in [9.17, 15) is 63.3 Å². The van der Waals surface area contributed by atoms with Crippen molar-refractivity contribution in [2.45, 2.75) is 172 Å². The number of aliphatic carboxylic acids is 1. The first kappa shape index (κ1) is 101. The Morgan fingerprint density at radius 1 is 0.488 bits per heavy atom. The van der Waals surface area contributed by atoms with Gasteiger partial charge in [-0.1, -0.05) is 174 Å². The van der Waals surface area contributed by atoms with E-state index in [1.807, 2.05) is 6.92 Å². The lowest BCUT2D eigenvalue weighted by Gasteiger charge is -2.37. The Morgan fingerprint density at radius 2 is 0.953 bits per heavy atom. The van der Waals surface area contributed by atoms with E-state index in [1.165, 1.54) is 96.6 Å². The van der Waals surface area contributed by atoms with Crippen LogP contribution in [0.1, 0.15) is 100 Å². The molecule has 690 valence electrons. The fourth-order valence-corrected chi connectivity index (χ4v) is 15.8. The summed E-state index contributed by atoms with van der Waals surface area (Å²) in [6.07, 6.45) is -0.112. The molecule has 0 spiro atoms. The van der Waals surface area contributed by atoms with Crippen LogP contribution < -0.4 is 58.9 Å². The third-order valence-electron chi connectivity index (χ3n) is 21.7. The average Bonchev–Trinajstić information content (AvgIpc) is 1.77. The Hall–Kier alpha value is -13.4. The number of nitrogens with one attached hydrogen (secondary N) is 11. The van der Waals surface area contributed by atoms with Gasteiger partial charge in [0.25, 0.3) is 0 Å². The molecule has 0 aliphatic carbocycles. The van der Waals surface area contributed by atoms with Gasteiger partial charge in [-0.3, -0.25) is 76.7 Å². The van der Waals surface area contributed by atoms with Gasteiger partial charge in [0.1, 0.15) is 78.0 Å². The number of halogens is 1. The van der Waals surface area contributed by atoms with Crippen molar-refractivity contribution >= 4 is 129 Å². The monoisotopic (exact) mass is 1810 g/mol. The number of para-hydroxylation sites is 1. The second-order valence-corrected chi connectivity index (χ2v) is 34.3. The van der Waals surface area contributed by atoms with Gasteiger partial charge in [0.05, 0.1) is 31.8 Å². The molecule has 0 saturated carbocycles. The summed E-state index contributed by atoms with van der Waals surface area (Å²) in [5, 5.41) is 58.2. The van der Waals surface area contributed by atoms with Crippen molar-refractivity contribution in [1.29, 1.82) is 0 Å². The quantitative estimate of drug-likeness (QED) is 0.0438. The number of phenols is 2. The molecule has 35 nitrogen and oxygen atoms in total. The summed E-state index contributed by atoms with van der Waals surface area (Å²) in [5.41, 5.74) is 8.93. The van der Waals surface area contributed by atoms with Gasteiger partial charge < -0.3 is 98.8 Å². The van der Waals surface area contributed by atoms with E-state index < -0.39 is 199 Å². The zero-order valence-corrected chi connectivity index (χ0v) is 75.0. The smallest absolute Gasteiger partial charge is 0.305 e. The maximum atomic E-state index is 15.5. The largest absolute Gasteiger partial charge is 0.508 e. The molecule has 0 radical (unpaired) electrons. The number of hydrogen-bond acceptors (Lipinski definition) is 19. The Labute approximate surface area is 757 Å². The van der Waals surface area contributed by atoms with Crippen molar-refractivity contribution in [2.75, 3.05) is 59.3 Å². The molecule has 15 amide bonds. The number of benzene rings is 6. The number of amides is 15. The van der Waals surface area contributed by atoms with E-state index >= 15 is 28.8 Å². The van der Waals surface area contributed by atoms with Gasteiger partial charge in [0, 0.05) is 94.6 Å². The number of carbonyl (C=O) groups excluding carboxylic acids is 15. The summed E-state index contributed by atoms with van der Waals surface area (Å²) in [7, 11) is 5.21. The Balaban J connectivity index is 1.21. The lowest BCUT2D eigenvalue weighted by atomic mass is 9.99. The molecule has 129 heavy (non-hydrogen) atoms. The Morgan fingerprint density at radius 3 is 1.51 bits per heavy atom. The summed E-state index contributed by atoms with van der Waals surface area (Å²) in [6.45, 7) is 6.06. The minimum atomic E-state index is -1.92. The minimum Gasteiger partial charge on any atom is -0.508 e. The van der Waals surface area contributed by atoms with Crippen LogP contribution in [0.2, 0.25) is 5.02 Å². The number of aromatic amines is 1. The first-order valence-corrected chi connectivity index (χ1v) is 43.9. The third-order valence-corrected chi connectivity index (χ3v) is 22.9. The standard InChI is InChI=1S/C92H115ClN16O19S/c1-10-11-29-74-91(127)107(7)50-78(114)98-70(46-80(116)117)87(123)105-81(54(4)5)88(124)102-68(43-59-25-20-26-61(93)39-59)85(121)103-71(42-58-32-36-63(111)37-33-58)89(125)106(6)49-77(113)97-69(45-60-47-95-65-28-19-18-27-64(60)65)86(122)101-67(40-57-30-34-62(110)35-31-57)84(120)100-66(38-53(2)3)83(119)104-73(82(118)96-48-76(94)112)51-129-52-79(115)99-72(41-55-21-14-12-15-22-55)90(126)109(9)75(92(128)108(74)8)44-56-23-16-13-17-24-56/h12-28,30-37,39,47,53-54,66-75,81,95,110-111H,10-11,29,38,40-46,48-52H2,1-9H3,(H2,94,112)(H,96,118)(H,97,113)(H,98,114)(H,99,115)(H,100,120)(H,101,122)(H,102,124)(H,103,121)(H,104,119)(H,105,123)(H,116,117). The number of unbranched alkanes of at least 4 members (excludes halogenated alkanes) is 1. The van der Waals surface area contributed by atoms with Crippen LogP contribution in [0.5, 0.6) is 11.5 Å². The number of nitrogens with zero attached hydrogens (tertiary/aromatic N) is 4. The second-order valence-electron chi connectivity index (χ2n) is 32.8. The number of thioether (sulfide) groups is 1. The van der Waals surface area contributed by atoms with Crippen molar-refractivity contribution in [3.63, 3.8) is 0 Å². The molecule has 7 aromatic rings. The molecule has 1 saturated heterocycles. The van der Waals surface area contributed by atoms with Gasteiger partial charge >= 0.3 is 5.97 Å². The zero-order chi connectivity index (χ0) is 94.3. The Kier molecular flexibility index (Phi) is 38.4. The van der Waals surface area contributed by atoms with Crippen molar-refractivity contribution in [2.24, 2.45) is 17.6 Å². The molecule has 11 unspecified atom stereocenters. The van der Waals surface area contributed by atoms with Crippen molar-refractivity contribution < 1.29 is 92.0 Å². The number of fused-ring (bicyclic) bond motifs is 1. The van der Waals surface area contributed by atoms with E-state index in [2.05, 4.69) is 58.2 Å². The van der Waals surface area contributed by atoms with Gasteiger partial charge in [-0.05, 0) is 101 Å². The molecular weight excluding hydrogens is 1700 g/mol. The number of aromatic nitrogens is 1. The molecule has 1 aromatic heterocycles. The van der Waals surface area contributed by atoms with Gasteiger partial charge in [-0.15, -0.1) is 11.8 Å². The molecule has 2 heterocycles. The molecule has 1 aliphatic rings. The van der Waals surface area contributed by atoms with Crippen molar-refractivity contribution in [1.82, 2.24) is 77.8 Å². The van der Waals surface area contributed by atoms with E-state index in [0.29, 0.717) is 57.1 Å². The highest BCUT2D eigenvalue weighted by atomic mass is 35.5. The normalized spacial score (nSPS) is 21.8. The van der Waals surface area contributed by atoms with Gasteiger partial charge in [0.2, 0.25) is 88.6 Å². The average molecular weight is 1820 g/mol. The number of carboxylic acids is 1. The molecule has 0 bridgehead atoms. The fourth-order valence-electron chi connectivity index (χ4n) is 14.7. The minimum absolute atomic E-state index is 0.0233. The molecule has 1 fully saturated rings. The molecule has 11 atom stereocenters. The number of likely N-dealkylation sites (N-methyl/N-ethyl adjacent to an activating group) is 4. The molecule has 16 N–H and O–H groups in total. The number of phenolic OH excluding ortho intramolecular Hbond substituents is 2. The maximum absolute atomic E-state index is 15.5. The van der Waals surface area contributed by atoms with Gasteiger partial charge in [-0.25, -0.2) is 0 Å². The topological polar surface area (TPSA) is 509 Å². The van der Waals surface area contributed by atoms with Crippen LogP contribution in [0.25, 0.3) is 10.9 Å². The lowest BCUT2D eigenvalue weighted by molar-refractivity contribution is -0.151. The van der Waals surface area contributed by atoms with Gasteiger partial charge in [-0.2, -0.15) is 0 Å². The van der Waals surface area contributed by atoms with Crippen LogP contribution in [0.15, 0.2) is 164 Å². The highest BCUT2D eigenvalue weighted by Gasteiger charge is 2.41. The van der Waals surface area contributed by atoms with Crippen LogP contribution in [-0.4, -0.2) is 260 Å². The van der Waals surface area contributed by atoms with E-state index in [0.717, 1.165) is 31.4 Å². The van der Waals surface area contributed by atoms with Crippen molar-refractivity contribution in [3.05, 3.63) is 202 Å². The number of nitrogens with two attached hydrogens (primary N) is 1. The van der Waals surface area contributed by atoms with E-state index in [4.69, 9.17) is 17.3 Å². The van der Waals surface area contributed by atoms with Crippen molar-refractivity contribution in [3.8, 4) is 11.5 Å². The predicted molar refractivity (Wildman–Crippen MR) is 482 cm³/mol. The second kappa shape index (κ2) is 49.1. The summed E-state index contributed by atoms with van der Waals surface area (Å²) in [5.74, 6) is -17.8. The summed E-state index contributed by atoms with van der Waals surface area (Å²) in [6, 6.07) is 24.6. The summed E-state index contributed by atoms with van der Waals surface area (Å²) >= 11 is 7.30. The number of primary amides is 1. The SMILES string of the molecule is CCCCC1C(=O)N(C)CC(=O)NC(CC(=O)O)C(=O)NC(C(C)C)C(=O)NC(Cc2cccc(Cl)c2)C(=O)NC(Cc2ccc(O)cc2)C(=O)N(C)CC(=O)NC(Cc2c[nH]c3ccccc23)C(=O)NC(Cc2ccc(O)cc2)C(=O)NC(CC(C)C)C(=O)NC(C(=O)NCC(N)=O)CSCC(=O)NC(Cc2ccccc2)C(=O)N(C)C(Cc2ccccc2)C(=O)N1C. The van der Waals surface area contributed by atoms with Crippen LogP contribution in [0.4, 0.5) is 0 Å². The molecular formula is C92H115ClN16O19S. The highest BCUT2D eigenvalue weighted by Crippen LogP contribution is 2.24. The van der Waals surface area contributed by atoms with Gasteiger partial charge in [0.15, 0.2) is 0 Å². The third kappa shape index (κ3) is 31.3. The number of H-pyrrole nitrogens is 1. The molecule has 8 rings (SSSR count). The predicted octanol–water partition coefficient (Wildman–Crippen LogP) is 2.64. The number of carbonyl (C=O) groups is 16. The highest BCUT2D eigenvalue weighted by molar-refractivity contribution is 8.00. The number of aromatic hydroxyl groups is 2. The summed E-state index contributed by atoms with van der Waals surface area (Å²) < 4.78 is 0. The van der Waals surface area contributed by atoms with Crippen LogP contribution >= 0.6 is 23.4 Å². The number of hydrogen-bond donors (Lipinski definition) is 15. The lowest BCUT2D eigenvalue weighted by Crippen LogP contribution is -2.61. The number of rotatable bonds is 23. The fraction of sp³-hybridized carbons (Fsp3) is 0.413. The van der Waals surface area contributed by atoms with Crippen LogP contribution in [-0.2, 0) is 115 Å². The molecule has 37 heteroatoms. The molecule has 6 aromatic carbocycles. The molecule has 1 aliphatic heterocycles. The Bertz CT molecular complexity index is 5110. The number of carboxylic acid groups (broad SMARTS) is 1. The first-order valence-electron chi connectivity index (χ1n) is 42.4. The van der Waals surface area contributed by atoms with Crippen LogP contribution in [0.3, 0.4) is 0 Å². The summed E-state index contributed by atoms with van der Waals surface area (Å²) in [4.78, 5) is 241. The van der Waals surface area contributed by atoms with E-state index in [-0.39, 0.29) is 79.6 Å².